The van der Waals surface area contributed by atoms with E-state index in [1.807, 2.05) is 0 Å². The fraction of sp³-hybridized carbons (Fsp3) is 0.200. The molecule has 1 aromatic carbocycles. The van der Waals surface area contributed by atoms with E-state index < -0.39 is 11.1 Å². The third-order valence-corrected chi connectivity index (χ3v) is 4.37. The average Bonchev–Trinajstić information content (AvgIpc) is 3.14. The zero-order valence-corrected chi connectivity index (χ0v) is 14.2. The Morgan fingerprint density at radius 1 is 1.40 bits per heavy atom. The van der Waals surface area contributed by atoms with Crippen LogP contribution in [0.5, 0.6) is 0 Å². The van der Waals surface area contributed by atoms with Gasteiger partial charge in [-0.05, 0) is 26.0 Å². The van der Waals surface area contributed by atoms with Gasteiger partial charge in [0.1, 0.15) is 11.6 Å². The van der Waals surface area contributed by atoms with Gasteiger partial charge in [-0.3, -0.25) is 4.79 Å². The van der Waals surface area contributed by atoms with Gasteiger partial charge < -0.3 is 15.7 Å². The van der Waals surface area contributed by atoms with Crippen LogP contribution in [0.25, 0.3) is 11.4 Å². The maximum atomic E-state index is 13.9. The highest BCUT2D eigenvalue weighted by molar-refractivity contribution is 8.00. The average molecular weight is 362 g/mol. The summed E-state index contributed by atoms with van der Waals surface area (Å²) in [5, 5.41) is 13.9. The number of benzene rings is 1. The Hall–Kier alpha value is -2.88. The molecule has 0 radical (unpaired) electrons. The van der Waals surface area contributed by atoms with Crippen molar-refractivity contribution < 1.29 is 13.7 Å². The van der Waals surface area contributed by atoms with Crippen molar-refractivity contribution in [2.45, 2.75) is 24.3 Å². The molecule has 3 rings (SSSR count). The third-order valence-electron chi connectivity index (χ3n) is 3.31. The second kappa shape index (κ2) is 6.93. The maximum Gasteiger partial charge on any atom is 0.238 e. The van der Waals surface area contributed by atoms with Crippen LogP contribution in [0.3, 0.4) is 0 Å². The van der Waals surface area contributed by atoms with Crippen LogP contribution >= 0.6 is 11.8 Å². The molecule has 0 saturated carbocycles. The molecule has 3 N–H and O–H groups in total. The van der Waals surface area contributed by atoms with Crippen LogP contribution in [0.1, 0.15) is 12.7 Å². The van der Waals surface area contributed by atoms with Gasteiger partial charge in [-0.15, -0.1) is 10.2 Å². The van der Waals surface area contributed by atoms with Gasteiger partial charge in [0, 0.05) is 6.07 Å². The number of amides is 1. The van der Waals surface area contributed by atoms with Crippen molar-refractivity contribution in [3.63, 3.8) is 0 Å². The summed E-state index contributed by atoms with van der Waals surface area (Å²) in [4.78, 5) is 12.2. The number of carbonyl (C=O) groups excluding carboxylic acids is 1. The van der Waals surface area contributed by atoms with Gasteiger partial charge in [-0.2, -0.15) is 0 Å². The number of carbonyl (C=O) groups is 1. The van der Waals surface area contributed by atoms with E-state index in [-0.39, 0.29) is 22.5 Å². The number of nitrogens with one attached hydrogen (secondary N) is 1. The summed E-state index contributed by atoms with van der Waals surface area (Å²) in [7, 11) is 0. The zero-order chi connectivity index (χ0) is 18.0. The van der Waals surface area contributed by atoms with Crippen LogP contribution in [0.2, 0.25) is 0 Å². The minimum atomic E-state index is -0.531. The van der Waals surface area contributed by atoms with Gasteiger partial charge >= 0.3 is 0 Å². The standard InChI is InChI=1S/C15H15FN6O2S/c1-8-7-12(21-24-8)18-14(23)9(2)25-15-20-19-13(22(15)17)10-5-3-4-6-11(10)16/h3-7,9H,17H2,1-2H3,(H,18,21,23)/t9-/m1/s1. The smallest absolute Gasteiger partial charge is 0.238 e. The number of hydrogen-bond donors (Lipinski definition) is 2. The molecule has 1 atom stereocenters. The molecule has 0 aliphatic heterocycles. The van der Waals surface area contributed by atoms with E-state index in [1.54, 1.807) is 38.1 Å². The number of thioether (sulfide) groups is 1. The highest BCUT2D eigenvalue weighted by atomic mass is 32.2. The van der Waals surface area contributed by atoms with E-state index in [9.17, 15) is 9.18 Å². The largest absolute Gasteiger partial charge is 0.360 e. The van der Waals surface area contributed by atoms with Crippen molar-refractivity contribution in [3.8, 4) is 11.4 Å². The topological polar surface area (TPSA) is 112 Å². The first-order chi connectivity index (χ1) is 12.0. The molecule has 0 saturated heterocycles. The van der Waals surface area contributed by atoms with Crippen LogP contribution < -0.4 is 11.2 Å². The number of nitrogens with zero attached hydrogens (tertiary/aromatic N) is 4. The van der Waals surface area contributed by atoms with E-state index in [4.69, 9.17) is 10.4 Å². The molecule has 0 aliphatic rings. The van der Waals surface area contributed by atoms with Crippen LogP contribution in [0.15, 0.2) is 40.0 Å². The molecule has 0 spiro atoms. The number of rotatable bonds is 5. The molecular formula is C15H15FN6O2S. The predicted octanol–water partition coefficient (Wildman–Crippen LogP) is 2.21. The molecule has 3 aromatic rings. The SMILES string of the molecule is Cc1cc(NC(=O)[C@@H](C)Sc2nnc(-c3ccccc3F)n2N)no1. The Morgan fingerprint density at radius 3 is 2.84 bits per heavy atom. The number of aryl methyl sites for hydroxylation is 1. The first kappa shape index (κ1) is 17.0. The fourth-order valence-corrected chi connectivity index (χ4v) is 2.82. The molecule has 0 fully saturated rings. The summed E-state index contributed by atoms with van der Waals surface area (Å²) in [6, 6.07) is 7.73. The molecule has 2 heterocycles. The number of halogens is 1. The van der Waals surface area contributed by atoms with E-state index >= 15 is 0 Å². The molecule has 0 unspecified atom stereocenters. The molecule has 10 heteroatoms. The molecule has 130 valence electrons. The monoisotopic (exact) mass is 362 g/mol. The van der Waals surface area contributed by atoms with Crippen LogP contribution in [0.4, 0.5) is 10.2 Å². The van der Waals surface area contributed by atoms with Crippen molar-refractivity contribution in [3.05, 3.63) is 41.9 Å². The Morgan fingerprint density at radius 2 is 2.16 bits per heavy atom. The lowest BCUT2D eigenvalue weighted by atomic mass is 10.2. The van der Waals surface area contributed by atoms with Crippen LogP contribution in [-0.2, 0) is 4.79 Å². The molecule has 1 amide bonds. The number of nitrogens with two attached hydrogens (primary N) is 1. The highest BCUT2D eigenvalue weighted by Gasteiger charge is 2.21. The van der Waals surface area contributed by atoms with Crippen LogP contribution in [0, 0.1) is 12.7 Å². The molecule has 8 nitrogen and oxygen atoms in total. The summed E-state index contributed by atoms with van der Waals surface area (Å²) in [6.45, 7) is 3.41. The maximum absolute atomic E-state index is 13.9. The van der Waals surface area contributed by atoms with E-state index in [0.29, 0.717) is 11.6 Å². The lowest BCUT2D eigenvalue weighted by Gasteiger charge is -2.10. The third kappa shape index (κ3) is 3.63. The van der Waals surface area contributed by atoms with E-state index in [0.717, 1.165) is 16.4 Å². The second-order valence-corrected chi connectivity index (χ2v) is 6.54. The van der Waals surface area contributed by atoms with E-state index in [1.165, 1.54) is 6.07 Å². The normalized spacial score (nSPS) is 12.1. The van der Waals surface area contributed by atoms with Gasteiger partial charge in [0.2, 0.25) is 11.1 Å². The highest BCUT2D eigenvalue weighted by Crippen LogP contribution is 2.26. The molecule has 0 aliphatic carbocycles. The Labute approximate surface area is 146 Å². The van der Waals surface area contributed by atoms with Crippen LogP contribution in [-0.4, -0.2) is 31.2 Å². The fourth-order valence-electron chi connectivity index (χ4n) is 2.05. The Kier molecular flexibility index (Phi) is 4.70. The lowest BCUT2D eigenvalue weighted by molar-refractivity contribution is -0.115. The summed E-state index contributed by atoms with van der Waals surface area (Å²) in [6.07, 6.45) is 0. The van der Waals surface area contributed by atoms with Crippen molar-refractivity contribution in [1.82, 2.24) is 20.0 Å². The van der Waals surface area contributed by atoms with E-state index in [2.05, 4.69) is 20.7 Å². The number of aromatic nitrogens is 4. The molecule has 25 heavy (non-hydrogen) atoms. The summed E-state index contributed by atoms with van der Waals surface area (Å²) in [5.74, 6) is 6.30. The summed E-state index contributed by atoms with van der Waals surface area (Å²) in [5.41, 5.74) is 0.236. The summed E-state index contributed by atoms with van der Waals surface area (Å²) < 4.78 is 19.9. The second-order valence-electron chi connectivity index (χ2n) is 5.23. The first-order valence-corrected chi connectivity index (χ1v) is 8.20. The van der Waals surface area contributed by atoms with Gasteiger partial charge in [0.05, 0.1) is 10.8 Å². The summed E-state index contributed by atoms with van der Waals surface area (Å²) >= 11 is 1.10. The quantitative estimate of drug-likeness (QED) is 0.528. The van der Waals surface area contributed by atoms with Crippen molar-refractivity contribution >= 4 is 23.5 Å². The molecule has 2 aromatic heterocycles. The van der Waals surface area contributed by atoms with Crippen molar-refractivity contribution in [2.75, 3.05) is 11.2 Å². The van der Waals surface area contributed by atoms with Gasteiger partial charge in [-0.25, -0.2) is 9.07 Å². The lowest BCUT2D eigenvalue weighted by Crippen LogP contribution is -2.23. The van der Waals surface area contributed by atoms with Crippen molar-refractivity contribution in [1.29, 1.82) is 0 Å². The predicted molar refractivity (Wildman–Crippen MR) is 90.8 cm³/mol. The Bertz CT molecular complexity index is 909. The first-order valence-electron chi connectivity index (χ1n) is 7.32. The zero-order valence-electron chi connectivity index (χ0n) is 13.4. The minimum absolute atomic E-state index is 0.181. The number of nitrogen functional groups attached to an aromatic ring is 1. The minimum Gasteiger partial charge on any atom is -0.360 e. The molecule has 0 bridgehead atoms. The van der Waals surface area contributed by atoms with Crippen molar-refractivity contribution in [2.24, 2.45) is 0 Å². The molecular weight excluding hydrogens is 347 g/mol. The number of anilines is 1. The van der Waals surface area contributed by atoms with Gasteiger partial charge in [0.15, 0.2) is 11.6 Å². The number of hydrogen-bond acceptors (Lipinski definition) is 7. The van der Waals surface area contributed by atoms with Gasteiger partial charge in [0.25, 0.3) is 0 Å². The van der Waals surface area contributed by atoms with Gasteiger partial charge in [-0.1, -0.05) is 29.1 Å². The Balaban J connectivity index is 1.73.